The molecule has 0 saturated carbocycles. The van der Waals surface area contributed by atoms with Crippen molar-refractivity contribution in [2.24, 2.45) is 5.10 Å². The SMILES string of the molecule is O=c1c2cc(Br)ccc2nc(CN/N=C/c2ccc(Cl)cc2)n1-c1nc(-c2ccc(Cl)cc2)cs1. The van der Waals surface area contributed by atoms with Crippen LogP contribution in [0.3, 0.4) is 0 Å². The van der Waals surface area contributed by atoms with Gasteiger partial charge in [0.15, 0.2) is 5.13 Å². The number of fused-ring (bicyclic) bond motifs is 1. The molecule has 0 aliphatic rings. The summed E-state index contributed by atoms with van der Waals surface area (Å²) in [6.07, 6.45) is 1.68. The number of hydrazone groups is 1. The van der Waals surface area contributed by atoms with E-state index in [-0.39, 0.29) is 12.1 Å². The van der Waals surface area contributed by atoms with E-state index < -0.39 is 0 Å². The van der Waals surface area contributed by atoms with Crippen molar-refractivity contribution in [2.75, 3.05) is 0 Å². The van der Waals surface area contributed by atoms with Crippen LogP contribution >= 0.6 is 50.5 Å². The summed E-state index contributed by atoms with van der Waals surface area (Å²) in [5.74, 6) is 0.495. The largest absolute Gasteiger partial charge is 0.302 e. The van der Waals surface area contributed by atoms with Crippen molar-refractivity contribution in [3.63, 3.8) is 0 Å². The molecule has 174 valence electrons. The second kappa shape index (κ2) is 10.3. The van der Waals surface area contributed by atoms with Gasteiger partial charge in [0.2, 0.25) is 0 Å². The van der Waals surface area contributed by atoms with E-state index in [2.05, 4.69) is 26.5 Å². The Bertz CT molecular complexity index is 1600. The molecule has 5 aromatic rings. The quantitative estimate of drug-likeness (QED) is 0.178. The van der Waals surface area contributed by atoms with E-state index in [1.165, 1.54) is 15.9 Å². The molecule has 0 spiro atoms. The van der Waals surface area contributed by atoms with Crippen molar-refractivity contribution in [1.82, 2.24) is 20.0 Å². The van der Waals surface area contributed by atoms with Crippen LogP contribution < -0.4 is 11.0 Å². The Hall–Kier alpha value is -3.04. The minimum atomic E-state index is -0.202. The summed E-state index contributed by atoms with van der Waals surface area (Å²) >= 11 is 16.8. The van der Waals surface area contributed by atoms with Gasteiger partial charge in [-0.25, -0.2) is 14.5 Å². The van der Waals surface area contributed by atoms with Crippen LogP contribution in [0.2, 0.25) is 10.0 Å². The Morgan fingerprint density at radius 2 is 1.71 bits per heavy atom. The van der Waals surface area contributed by atoms with Crippen molar-refractivity contribution < 1.29 is 0 Å². The Morgan fingerprint density at radius 1 is 1.00 bits per heavy atom. The molecular weight excluding hydrogens is 569 g/mol. The number of nitrogens with one attached hydrogen (secondary N) is 1. The monoisotopic (exact) mass is 583 g/mol. The minimum absolute atomic E-state index is 0.202. The van der Waals surface area contributed by atoms with Gasteiger partial charge in [0.05, 0.1) is 29.4 Å². The first-order valence-corrected chi connectivity index (χ1v) is 12.9. The van der Waals surface area contributed by atoms with Gasteiger partial charge in [-0.3, -0.25) is 4.79 Å². The molecule has 2 heterocycles. The zero-order valence-corrected chi connectivity index (χ0v) is 21.9. The number of thiazole rings is 1. The predicted molar refractivity (Wildman–Crippen MR) is 147 cm³/mol. The first-order valence-electron chi connectivity index (χ1n) is 10.4. The molecule has 0 fully saturated rings. The summed E-state index contributed by atoms with van der Waals surface area (Å²) in [5, 5.41) is 8.51. The van der Waals surface area contributed by atoms with Crippen LogP contribution in [0, 0.1) is 0 Å². The summed E-state index contributed by atoms with van der Waals surface area (Å²) < 4.78 is 2.33. The Kier molecular flexibility index (Phi) is 6.97. The topological polar surface area (TPSA) is 72.2 Å². The number of nitrogens with zero attached hydrogens (tertiary/aromatic N) is 4. The van der Waals surface area contributed by atoms with E-state index in [4.69, 9.17) is 33.2 Å². The van der Waals surface area contributed by atoms with Crippen LogP contribution in [-0.2, 0) is 6.54 Å². The van der Waals surface area contributed by atoms with E-state index in [1.807, 2.05) is 53.9 Å². The molecule has 35 heavy (non-hydrogen) atoms. The van der Waals surface area contributed by atoms with Gasteiger partial charge in [-0.05, 0) is 48.0 Å². The Balaban J connectivity index is 1.52. The molecule has 0 radical (unpaired) electrons. The molecule has 0 aliphatic carbocycles. The minimum Gasteiger partial charge on any atom is -0.302 e. The third-order valence-corrected chi connectivity index (χ3v) is 6.96. The van der Waals surface area contributed by atoms with Crippen molar-refractivity contribution >= 4 is 67.6 Å². The highest BCUT2D eigenvalue weighted by molar-refractivity contribution is 9.10. The lowest BCUT2D eigenvalue weighted by Gasteiger charge is -2.11. The van der Waals surface area contributed by atoms with E-state index in [9.17, 15) is 4.79 Å². The summed E-state index contributed by atoms with van der Waals surface area (Å²) in [6.45, 7) is 0.223. The van der Waals surface area contributed by atoms with Gasteiger partial charge in [-0.2, -0.15) is 5.10 Å². The number of hydrogen-bond donors (Lipinski definition) is 1. The molecular formula is C25H16BrCl2N5OS. The molecule has 0 saturated heterocycles. The lowest BCUT2D eigenvalue weighted by atomic mass is 10.2. The zero-order chi connectivity index (χ0) is 24.4. The molecule has 10 heteroatoms. The van der Waals surface area contributed by atoms with Crippen molar-refractivity contribution in [3.8, 4) is 16.4 Å². The maximum absolute atomic E-state index is 13.6. The van der Waals surface area contributed by atoms with Gasteiger partial charge in [-0.1, -0.05) is 63.4 Å². The molecule has 0 amide bonds. The molecule has 0 bridgehead atoms. The Labute approximate surface area is 223 Å². The van der Waals surface area contributed by atoms with Crippen molar-refractivity contribution in [1.29, 1.82) is 0 Å². The first kappa shape index (κ1) is 23.7. The number of rotatable bonds is 6. The second-order valence-corrected chi connectivity index (χ2v) is 10.1. The van der Waals surface area contributed by atoms with Gasteiger partial charge in [0.25, 0.3) is 5.56 Å². The fourth-order valence-corrected chi connectivity index (χ4v) is 4.89. The highest BCUT2D eigenvalue weighted by Gasteiger charge is 2.16. The van der Waals surface area contributed by atoms with Gasteiger partial charge < -0.3 is 5.43 Å². The van der Waals surface area contributed by atoms with Gasteiger partial charge >= 0.3 is 0 Å². The molecule has 1 N–H and O–H groups in total. The van der Waals surface area contributed by atoms with Gasteiger partial charge in [0, 0.05) is 25.5 Å². The maximum Gasteiger partial charge on any atom is 0.267 e. The predicted octanol–water partition coefficient (Wildman–Crippen LogP) is 6.70. The maximum atomic E-state index is 13.6. The van der Waals surface area contributed by atoms with Crippen LogP contribution in [0.4, 0.5) is 0 Å². The molecule has 0 unspecified atom stereocenters. The number of halogens is 3. The molecule has 0 atom stereocenters. The van der Waals surface area contributed by atoms with E-state index in [0.29, 0.717) is 31.9 Å². The lowest BCUT2D eigenvalue weighted by molar-refractivity contribution is 0.678. The van der Waals surface area contributed by atoms with Gasteiger partial charge in [-0.15, -0.1) is 11.3 Å². The smallest absolute Gasteiger partial charge is 0.267 e. The molecule has 6 nitrogen and oxygen atoms in total. The van der Waals surface area contributed by atoms with Crippen LogP contribution in [0.5, 0.6) is 0 Å². The van der Waals surface area contributed by atoms with Crippen molar-refractivity contribution in [2.45, 2.75) is 6.54 Å². The summed E-state index contributed by atoms with van der Waals surface area (Å²) in [4.78, 5) is 23.0. The second-order valence-electron chi connectivity index (χ2n) is 7.50. The fraction of sp³-hybridized carbons (Fsp3) is 0.0400. The van der Waals surface area contributed by atoms with Crippen LogP contribution in [0.1, 0.15) is 11.4 Å². The number of hydrogen-bond acceptors (Lipinski definition) is 6. The average molecular weight is 585 g/mol. The molecule has 5 rings (SSSR count). The lowest BCUT2D eigenvalue weighted by Crippen LogP contribution is -2.26. The molecule has 2 aromatic heterocycles. The normalized spacial score (nSPS) is 11.4. The van der Waals surface area contributed by atoms with Gasteiger partial charge in [0.1, 0.15) is 5.82 Å². The number of benzene rings is 3. The van der Waals surface area contributed by atoms with E-state index in [0.717, 1.165) is 21.3 Å². The fourth-order valence-electron chi connectivity index (χ4n) is 3.43. The number of aromatic nitrogens is 3. The summed E-state index contributed by atoms with van der Waals surface area (Å²) in [6, 6.07) is 20.2. The Morgan fingerprint density at radius 3 is 2.46 bits per heavy atom. The van der Waals surface area contributed by atoms with E-state index in [1.54, 1.807) is 24.4 Å². The molecule has 3 aromatic carbocycles. The van der Waals surface area contributed by atoms with Crippen LogP contribution in [-0.4, -0.2) is 20.7 Å². The zero-order valence-electron chi connectivity index (χ0n) is 18.0. The molecule has 0 aliphatic heterocycles. The highest BCUT2D eigenvalue weighted by atomic mass is 79.9. The third kappa shape index (κ3) is 5.31. The standard InChI is InChI=1S/C25H16BrCl2N5OS/c26-17-5-10-21-20(11-17)24(34)33(25-32-22(14-35-25)16-3-8-19(28)9-4-16)23(31-21)13-30-29-12-15-1-6-18(27)7-2-15/h1-12,14,30H,13H2/b29-12+. The summed E-state index contributed by atoms with van der Waals surface area (Å²) in [5.41, 5.74) is 5.94. The third-order valence-electron chi connectivity index (χ3n) is 5.14. The average Bonchev–Trinajstić information content (AvgIpc) is 3.33. The van der Waals surface area contributed by atoms with Crippen molar-refractivity contribution in [3.05, 3.63) is 108 Å². The highest BCUT2D eigenvalue weighted by Crippen LogP contribution is 2.26. The van der Waals surface area contributed by atoms with Crippen LogP contribution in [0.25, 0.3) is 27.3 Å². The van der Waals surface area contributed by atoms with Crippen LogP contribution in [0.15, 0.2) is 86.5 Å². The summed E-state index contributed by atoms with van der Waals surface area (Å²) in [7, 11) is 0. The van der Waals surface area contributed by atoms with E-state index >= 15 is 0 Å². The first-order chi connectivity index (χ1) is 17.0.